The molecule has 17 heteroatoms. The minimum atomic E-state index is -0.476. The van der Waals surface area contributed by atoms with E-state index in [0.717, 1.165) is 25.5 Å². The van der Waals surface area contributed by atoms with Crippen LogP contribution in [0.2, 0.25) is 0 Å². The summed E-state index contributed by atoms with van der Waals surface area (Å²) in [6, 6.07) is 16.4. The van der Waals surface area contributed by atoms with Crippen molar-refractivity contribution in [1.82, 2.24) is 9.97 Å². The Morgan fingerprint density at radius 1 is 0.458 bits per heavy atom. The van der Waals surface area contributed by atoms with Gasteiger partial charge in [-0.1, -0.05) is 52.3 Å². The molecule has 0 bridgehead atoms. The highest BCUT2D eigenvalue weighted by atomic mass is 79.9. The lowest BCUT2D eigenvalue weighted by Crippen LogP contribution is -2.41. The highest BCUT2D eigenvalue weighted by molar-refractivity contribution is 9.10. The molecule has 59 heavy (non-hydrogen) atoms. The lowest BCUT2D eigenvalue weighted by Gasteiger charge is -2.32. The maximum absolute atomic E-state index is 6.05. The molecule has 10 nitrogen and oxygen atoms in total. The molecular formula is C42H61B4BrN2O8S2. The summed E-state index contributed by atoms with van der Waals surface area (Å²) in [6.45, 7) is 32.6. The van der Waals surface area contributed by atoms with E-state index in [2.05, 4.69) is 90.0 Å². The molecule has 0 N–H and O–H groups in total. The average molecular weight is 909 g/mol. The predicted octanol–water partition coefficient (Wildman–Crippen LogP) is 9.79. The van der Waals surface area contributed by atoms with Crippen molar-refractivity contribution in [2.24, 2.45) is 0 Å². The fourth-order valence-corrected chi connectivity index (χ4v) is 7.31. The maximum Gasteiger partial charge on any atom is 0.494 e. The van der Waals surface area contributed by atoms with Gasteiger partial charge in [-0.05, 0) is 128 Å². The molecule has 318 valence electrons. The lowest BCUT2D eigenvalue weighted by atomic mass is 9.49. The quantitative estimate of drug-likeness (QED) is 0.184. The van der Waals surface area contributed by atoms with E-state index in [1.165, 1.54) is 5.56 Å². The SMILES string of the molecule is Brc1ccc(-c2nccs2)cc1.CC1(C)OB(B2OC(C)(C)C(C)(C)O2)OC1(C)C.CC1(C)OB(c2ccc(-c3nccs3)cc2)OC1(C)C.CC1(C)OBOC1(C)C. The molecule has 4 aliphatic heterocycles. The average Bonchev–Trinajstić information content (AvgIpc) is 3.97. The third-order valence-electron chi connectivity index (χ3n) is 12.7. The van der Waals surface area contributed by atoms with Crippen LogP contribution < -0.4 is 5.46 Å². The second-order valence-corrected chi connectivity index (χ2v) is 21.8. The third-order valence-corrected chi connectivity index (χ3v) is 14.9. The molecule has 0 spiro atoms. The van der Waals surface area contributed by atoms with Crippen LogP contribution >= 0.6 is 38.6 Å². The van der Waals surface area contributed by atoms with Gasteiger partial charge < -0.3 is 37.2 Å². The molecule has 4 saturated heterocycles. The third kappa shape index (κ3) is 11.0. The minimum absolute atomic E-state index is 0.132. The number of halogens is 1. The molecule has 0 unspecified atom stereocenters. The van der Waals surface area contributed by atoms with Crippen LogP contribution in [0.1, 0.15) is 111 Å². The molecule has 2 aromatic carbocycles. The van der Waals surface area contributed by atoms with Crippen molar-refractivity contribution < 1.29 is 37.2 Å². The minimum Gasteiger partial charge on any atom is -0.406 e. The van der Waals surface area contributed by atoms with Crippen LogP contribution in [-0.4, -0.2) is 83.6 Å². The second-order valence-electron chi connectivity index (χ2n) is 19.1. The summed E-state index contributed by atoms with van der Waals surface area (Å²) < 4.78 is 47.7. The van der Waals surface area contributed by atoms with Crippen molar-refractivity contribution in [3.05, 3.63) is 76.2 Å². The number of hydrogen-bond donors (Lipinski definition) is 0. The van der Waals surface area contributed by atoms with E-state index < -0.39 is 14.0 Å². The van der Waals surface area contributed by atoms with Gasteiger partial charge in [0.15, 0.2) is 0 Å². The molecule has 0 amide bonds. The number of benzene rings is 2. The molecular weight excluding hydrogens is 848 g/mol. The first-order valence-corrected chi connectivity index (χ1v) is 22.6. The number of aromatic nitrogens is 2. The van der Waals surface area contributed by atoms with Gasteiger partial charge in [-0.15, -0.1) is 22.7 Å². The Bertz CT molecular complexity index is 1860. The number of hydrogen-bond acceptors (Lipinski definition) is 12. The number of thiazole rings is 2. The summed E-state index contributed by atoms with van der Waals surface area (Å²) in [5.74, 6) is 0. The number of rotatable bonds is 4. The summed E-state index contributed by atoms with van der Waals surface area (Å²) in [5, 5.41) is 6.07. The Morgan fingerprint density at radius 3 is 1.07 bits per heavy atom. The highest BCUT2D eigenvalue weighted by Gasteiger charge is 2.63. The molecule has 8 rings (SSSR count). The largest absolute Gasteiger partial charge is 0.494 e. The second kappa shape index (κ2) is 17.7. The monoisotopic (exact) mass is 908 g/mol. The van der Waals surface area contributed by atoms with E-state index in [4.69, 9.17) is 37.2 Å². The maximum atomic E-state index is 6.05. The van der Waals surface area contributed by atoms with Gasteiger partial charge in [0.1, 0.15) is 10.0 Å². The van der Waals surface area contributed by atoms with E-state index >= 15 is 0 Å². The van der Waals surface area contributed by atoms with E-state index in [0.29, 0.717) is 7.69 Å². The van der Waals surface area contributed by atoms with Crippen molar-refractivity contribution in [3.8, 4) is 21.1 Å². The van der Waals surface area contributed by atoms with Gasteiger partial charge >= 0.3 is 28.8 Å². The Hall–Kier alpha value is -1.88. The highest BCUT2D eigenvalue weighted by Crippen LogP contribution is 2.43. The first-order chi connectivity index (χ1) is 27.1. The molecule has 4 aliphatic rings. The summed E-state index contributed by atoms with van der Waals surface area (Å²) in [6.07, 6.45) is 3.64. The molecule has 4 aromatic rings. The summed E-state index contributed by atoms with van der Waals surface area (Å²) in [5.41, 5.74) is 1.04. The molecule has 4 fully saturated rings. The van der Waals surface area contributed by atoms with Crippen LogP contribution in [0, 0.1) is 0 Å². The Morgan fingerprint density at radius 2 is 0.780 bits per heavy atom. The normalized spacial score (nSPS) is 23.2. The fourth-order valence-electron chi connectivity index (χ4n) is 5.76. The Labute approximate surface area is 371 Å². The topological polar surface area (TPSA) is 99.6 Å². The molecule has 0 atom stereocenters. The van der Waals surface area contributed by atoms with Crippen molar-refractivity contribution in [1.29, 1.82) is 0 Å². The van der Waals surface area contributed by atoms with Crippen molar-refractivity contribution >= 4 is 72.9 Å². The molecule has 2 aromatic heterocycles. The zero-order chi connectivity index (χ0) is 43.9. The van der Waals surface area contributed by atoms with Crippen LogP contribution in [0.4, 0.5) is 0 Å². The van der Waals surface area contributed by atoms with E-state index in [9.17, 15) is 0 Å². The van der Waals surface area contributed by atoms with Gasteiger partial charge in [0, 0.05) is 38.8 Å². The number of nitrogens with zero attached hydrogens (tertiary/aromatic N) is 2. The van der Waals surface area contributed by atoms with Gasteiger partial charge in [0.05, 0.1) is 44.8 Å². The smallest absolute Gasteiger partial charge is 0.406 e. The van der Waals surface area contributed by atoms with Crippen molar-refractivity contribution in [3.63, 3.8) is 0 Å². The van der Waals surface area contributed by atoms with Crippen molar-refractivity contribution in [2.75, 3.05) is 0 Å². The predicted molar refractivity (Wildman–Crippen MR) is 248 cm³/mol. The first kappa shape index (κ1) is 48.2. The standard InChI is InChI=1S/C15H18BNO2S.C12H24B2O4.C9H6BrNS.C6H13BO2/c1-14(2)15(3,4)19-16(18-14)12-7-5-11(6-8-12)13-17-9-10-20-13;1-9(2)10(3,4)16-13(15-9)14-17-11(5,6)12(7,8)18-14;10-8-3-1-7(2-4-8)9-11-5-6-12-9;1-5(2)6(3,4)9-7-8-5/h5-10H,1-4H3;1-8H3;1-6H;7H,1-4H3. The van der Waals surface area contributed by atoms with Crippen LogP contribution in [0.3, 0.4) is 0 Å². The first-order valence-electron chi connectivity index (χ1n) is 20.1. The van der Waals surface area contributed by atoms with Gasteiger partial charge in [-0.25, -0.2) is 9.97 Å². The van der Waals surface area contributed by atoms with E-state index in [1.54, 1.807) is 22.7 Å². The molecule has 0 radical (unpaired) electrons. The van der Waals surface area contributed by atoms with Crippen LogP contribution in [-0.2, 0) is 37.2 Å². The lowest BCUT2D eigenvalue weighted by molar-refractivity contribution is 0.00578. The van der Waals surface area contributed by atoms with Crippen LogP contribution in [0.25, 0.3) is 21.1 Å². The summed E-state index contributed by atoms with van der Waals surface area (Å²) in [7, 11) is -0.822. The fraction of sp³-hybridized carbons (Fsp3) is 0.571. The van der Waals surface area contributed by atoms with E-state index in [1.807, 2.05) is 118 Å². The van der Waals surface area contributed by atoms with Gasteiger partial charge in [-0.3, -0.25) is 0 Å². The van der Waals surface area contributed by atoms with Gasteiger partial charge in [0.25, 0.3) is 0 Å². The summed E-state index contributed by atoms with van der Waals surface area (Å²) in [4.78, 5) is 8.54. The zero-order valence-electron chi connectivity index (χ0n) is 37.7. The van der Waals surface area contributed by atoms with E-state index in [-0.39, 0.29) is 51.9 Å². The van der Waals surface area contributed by atoms with Crippen LogP contribution in [0.5, 0.6) is 0 Å². The van der Waals surface area contributed by atoms with Gasteiger partial charge in [0.2, 0.25) is 0 Å². The summed E-state index contributed by atoms with van der Waals surface area (Å²) >= 11 is 6.69. The molecule has 6 heterocycles. The van der Waals surface area contributed by atoms with Gasteiger partial charge in [-0.2, -0.15) is 0 Å². The molecule has 0 saturated carbocycles. The Balaban J connectivity index is 0.000000156. The van der Waals surface area contributed by atoms with Crippen LogP contribution in [0.15, 0.2) is 76.2 Å². The Kier molecular flexibility index (Phi) is 14.5. The zero-order valence-corrected chi connectivity index (χ0v) is 40.9. The van der Waals surface area contributed by atoms with Crippen molar-refractivity contribution in [2.45, 2.75) is 156 Å². The molecule has 0 aliphatic carbocycles.